The number of halogens is 1. The average molecular weight is 339 g/mol. The van der Waals surface area contributed by atoms with Crippen molar-refractivity contribution in [3.8, 4) is 11.3 Å². The fourth-order valence-corrected chi connectivity index (χ4v) is 3.16. The molecule has 0 saturated carbocycles. The van der Waals surface area contributed by atoms with Crippen LogP contribution in [-0.4, -0.2) is 16.6 Å². The molecule has 5 heteroatoms. The Kier molecular flexibility index (Phi) is 4.49. The lowest BCUT2D eigenvalue weighted by Gasteiger charge is -2.03. The number of Topliss-reactive ketones (excluding diaryl/α,β-unsaturated/α-hetero) is 1. The van der Waals surface area contributed by atoms with E-state index < -0.39 is 0 Å². The lowest BCUT2D eigenvalue weighted by Crippen LogP contribution is -2.04. The van der Waals surface area contributed by atoms with Crippen molar-refractivity contribution in [1.82, 2.24) is 4.98 Å². The monoisotopic (exact) mass is 338 g/mol. The van der Waals surface area contributed by atoms with Gasteiger partial charge < -0.3 is 0 Å². The van der Waals surface area contributed by atoms with Gasteiger partial charge in [0.15, 0.2) is 0 Å². The molecule has 0 atom stereocenters. The Balaban J connectivity index is 1.97. The van der Waals surface area contributed by atoms with Crippen molar-refractivity contribution in [2.75, 3.05) is 0 Å². The van der Waals surface area contributed by atoms with E-state index in [1.807, 2.05) is 35.7 Å². The first-order valence-electron chi connectivity index (χ1n) is 6.81. The van der Waals surface area contributed by atoms with Gasteiger partial charge in [-0.15, -0.1) is 11.3 Å². The zero-order valence-corrected chi connectivity index (χ0v) is 13.5. The zero-order chi connectivity index (χ0) is 16.2. The number of aromatic nitrogens is 1. The number of thiazole rings is 1. The first-order valence-corrected chi connectivity index (χ1v) is 8.06. The molecular weight excluding hydrogens is 328 g/mol. The van der Waals surface area contributed by atoms with E-state index in [0.717, 1.165) is 11.3 Å². The zero-order valence-electron chi connectivity index (χ0n) is 11.9. The molecule has 23 heavy (non-hydrogen) atoms. The quantitative estimate of drug-likeness (QED) is 0.414. The SMILES string of the molecule is N=C=C(C(=O)c1ccccc1Cl)c1nc(-c2ccccc2)cs1. The third kappa shape index (κ3) is 3.15. The van der Waals surface area contributed by atoms with Crippen LogP contribution in [0.3, 0.4) is 0 Å². The Labute approximate surface area is 142 Å². The Hall–Kier alpha value is -2.52. The van der Waals surface area contributed by atoms with Gasteiger partial charge in [-0.25, -0.2) is 4.98 Å². The third-order valence-corrected chi connectivity index (χ3v) is 4.45. The number of carbonyl (C=O) groups excluding carboxylic acids is 1. The molecule has 0 spiro atoms. The van der Waals surface area contributed by atoms with E-state index in [-0.39, 0.29) is 11.4 Å². The highest BCUT2D eigenvalue weighted by Crippen LogP contribution is 2.28. The minimum absolute atomic E-state index is 0.116. The minimum atomic E-state index is -0.348. The maximum Gasteiger partial charge on any atom is 0.206 e. The van der Waals surface area contributed by atoms with E-state index in [0.29, 0.717) is 15.6 Å². The second-order valence-electron chi connectivity index (χ2n) is 4.71. The molecule has 1 N–H and O–H groups in total. The van der Waals surface area contributed by atoms with Crippen LogP contribution in [0.4, 0.5) is 0 Å². The first kappa shape index (κ1) is 15.4. The predicted octanol–water partition coefficient (Wildman–Crippen LogP) is 4.98. The molecule has 0 amide bonds. The van der Waals surface area contributed by atoms with E-state index in [1.54, 1.807) is 24.3 Å². The number of nitrogens with one attached hydrogen (secondary N) is 1. The molecule has 3 nitrogen and oxygen atoms in total. The lowest BCUT2D eigenvalue weighted by atomic mass is 10.0. The van der Waals surface area contributed by atoms with E-state index in [4.69, 9.17) is 17.0 Å². The summed E-state index contributed by atoms with van der Waals surface area (Å²) in [4.78, 5) is 17.1. The standard InChI is InChI=1S/C18H11ClN2OS/c19-15-9-5-4-8-13(15)17(22)14(10-20)18-21-16(11-23-18)12-6-2-1-3-7-12/h1-9,11,20H. The molecular formula is C18H11ClN2OS. The number of ketones is 1. The van der Waals surface area contributed by atoms with Crippen LogP contribution < -0.4 is 0 Å². The number of carbonyl (C=O) groups is 1. The number of hydrogen-bond donors (Lipinski definition) is 1. The highest BCUT2D eigenvalue weighted by molar-refractivity contribution is 7.11. The molecule has 3 aromatic rings. The van der Waals surface area contributed by atoms with E-state index in [9.17, 15) is 4.79 Å². The lowest BCUT2D eigenvalue weighted by molar-refractivity contribution is 0.105. The van der Waals surface area contributed by atoms with Crippen LogP contribution in [0.2, 0.25) is 5.02 Å². The van der Waals surface area contributed by atoms with Crippen LogP contribution in [-0.2, 0) is 0 Å². The summed E-state index contributed by atoms with van der Waals surface area (Å²) >= 11 is 7.38. The Morgan fingerprint density at radius 1 is 1.09 bits per heavy atom. The fraction of sp³-hybridized carbons (Fsp3) is 0. The molecule has 3 rings (SSSR count). The van der Waals surface area contributed by atoms with Gasteiger partial charge in [0.1, 0.15) is 10.6 Å². The van der Waals surface area contributed by atoms with Crippen molar-refractivity contribution in [2.45, 2.75) is 0 Å². The highest BCUT2D eigenvalue weighted by atomic mass is 35.5. The van der Waals surface area contributed by atoms with Gasteiger partial charge in [0.25, 0.3) is 0 Å². The number of nitrogens with zero attached hydrogens (tertiary/aromatic N) is 1. The summed E-state index contributed by atoms with van der Waals surface area (Å²) < 4.78 is 0. The molecule has 0 saturated heterocycles. The number of hydrogen-bond acceptors (Lipinski definition) is 4. The van der Waals surface area contributed by atoms with E-state index in [2.05, 4.69) is 10.9 Å². The van der Waals surface area contributed by atoms with Gasteiger partial charge >= 0.3 is 0 Å². The van der Waals surface area contributed by atoms with E-state index >= 15 is 0 Å². The Morgan fingerprint density at radius 3 is 2.48 bits per heavy atom. The van der Waals surface area contributed by atoms with Crippen molar-refractivity contribution in [3.05, 3.63) is 75.6 Å². The average Bonchev–Trinajstić information content (AvgIpc) is 3.06. The summed E-state index contributed by atoms with van der Waals surface area (Å²) in [6, 6.07) is 16.4. The molecule has 0 radical (unpaired) electrons. The fourth-order valence-electron chi connectivity index (χ4n) is 2.12. The van der Waals surface area contributed by atoms with E-state index in [1.165, 1.54) is 11.3 Å². The van der Waals surface area contributed by atoms with Crippen molar-refractivity contribution < 1.29 is 4.79 Å². The Bertz CT molecular complexity index is 912. The first-order chi connectivity index (χ1) is 11.2. The maximum atomic E-state index is 12.6. The molecule has 1 aromatic heterocycles. The number of benzene rings is 2. The Morgan fingerprint density at radius 2 is 1.78 bits per heavy atom. The minimum Gasteiger partial charge on any atom is -0.288 e. The van der Waals surface area contributed by atoms with Gasteiger partial charge in [0.05, 0.1) is 10.7 Å². The van der Waals surface area contributed by atoms with Gasteiger partial charge in [-0.05, 0) is 18.0 Å². The molecule has 0 aliphatic rings. The summed E-state index contributed by atoms with van der Waals surface area (Å²) in [5.74, 6) is 1.87. The topological polar surface area (TPSA) is 53.8 Å². The van der Waals surface area contributed by atoms with Crippen molar-refractivity contribution in [1.29, 1.82) is 5.41 Å². The molecule has 2 aromatic carbocycles. The normalized spacial score (nSPS) is 10.1. The van der Waals surface area contributed by atoms with Crippen LogP contribution in [0.1, 0.15) is 15.4 Å². The smallest absolute Gasteiger partial charge is 0.206 e. The van der Waals surface area contributed by atoms with Crippen LogP contribution in [0.5, 0.6) is 0 Å². The summed E-state index contributed by atoms with van der Waals surface area (Å²) in [6.07, 6.45) is 0. The summed E-state index contributed by atoms with van der Waals surface area (Å²) in [5, 5.41) is 10.2. The summed E-state index contributed by atoms with van der Waals surface area (Å²) in [6.45, 7) is 0. The van der Waals surface area contributed by atoms with Crippen LogP contribution in [0.15, 0.2) is 60.0 Å². The molecule has 0 unspecified atom stereocenters. The van der Waals surface area contributed by atoms with Gasteiger partial charge in [0, 0.05) is 16.5 Å². The molecule has 0 fully saturated rings. The van der Waals surface area contributed by atoms with Gasteiger partial charge in [0.2, 0.25) is 5.78 Å². The maximum absolute atomic E-state index is 12.6. The highest BCUT2D eigenvalue weighted by Gasteiger charge is 2.20. The predicted molar refractivity (Wildman–Crippen MR) is 94.5 cm³/mol. The second kappa shape index (κ2) is 6.71. The van der Waals surface area contributed by atoms with Gasteiger partial charge in [-0.3, -0.25) is 10.2 Å². The third-order valence-electron chi connectivity index (χ3n) is 3.26. The van der Waals surface area contributed by atoms with Crippen LogP contribution in [0, 0.1) is 5.41 Å². The largest absolute Gasteiger partial charge is 0.288 e. The molecule has 0 aliphatic heterocycles. The van der Waals surface area contributed by atoms with Crippen molar-refractivity contribution >= 4 is 40.2 Å². The molecule has 1 heterocycles. The summed E-state index contributed by atoms with van der Waals surface area (Å²) in [7, 11) is 0. The summed E-state index contributed by atoms with van der Waals surface area (Å²) in [5.41, 5.74) is 2.19. The van der Waals surface area contributed by atoms with Crippen LogP contribution in [0.25, 0.3) is 16.8 Å². The second-order valence-corrected chi connectivity index (χ2v) is 5.98. The van der Waals surface area contributed by atoms with Gasteiger partial charge in [-0.1, -0.05) is 54.1 Å². The molecule has 0 aliphatic carbocycles. The van der Waals surface area contributed by atoms with Gasteiger partial charge in [-0.2, -0.15) is 0 Å². The van der Waals surface area contributed by atoms with Crippen molar-refractivity contribution in [2.24, 2.45) is 0 Å². The number of rotatable bonds is 4. The molecule has 112 valence electrons. The van der Waals surface area contributed by atoms with Crippen LogP contribution >= 0.6 is 22.9 Å². The molecule has 0 bridgehead atoms. The number of allylic oxidation sites excluding steroid dienone is 1. The van der Waals surface area contributed by atoms with Crippen molar-refractivity contribution in [3.63, 3.8) is 0 Å².